The highest BCUT2D eigenvalue weighted by Crippen LogP contribution is 2.24. The number of aromatic nitrogens is 2. The maximum absolute atomic E-state index is 12.6. The lowest BCUT2D eigenvalue weighted by atomic mass is 10.0. The predicted octanol–water partition coefficient (Wildman–Crippen LogP) is 6.10. The van der Waals surface area contributed by atoms with Crippen molar-refractivity contribution in [1.29, 1.82) is 0 Å². The Kier molecular flexibility index (Phi) is 6.75. The molecular formula is C27H27N3O2. The molecule has 0 bridgehead atoms. The number of hydrogen-bond donors (Lipinski definition) is 1. The average Bonchev–Trinajstić information content (AvgIpc) is 3.33. The Labute approximate surface area is 188 Å². The fourth-order valence-corrected chi connectivity index (χ4v) is 3.74. The van der Waals surface area contributed by atoms with Gasteiger partial charge in [0, 0.05) is 24.1 Å². The van der Waals surface area contributed by atoms with E-state index in [4.69, 9.17) is 4.52 Å². The molecule has 5 nitrogen and oxygen atoms in total. The lowest BCUT2D eigenvalue weighted by Gasteiger charge is -2.14. The number of benzene rings is 3. The second-order valence-corrected chi connectivity index (χ2v) is 7.66. The molecule has 0 atom stereocenters. The maximum Gasteiger partial charge on any atom is 0.227 e. The van der Waals surface area contributed by atoms with Crippen LogP contribution in [0.25, 0.3) is 22.5 Å². The SMILES string of the molecule is CCc1cccc(CC)c1NC(=O)CCc1nc(-c2ccc(-c3ccccc3)cc2)no1. The summed E-state index contributed by atoms with van der Waals surface area (Å²) in [4.78, 5) is 17.0. The maximum atomic E-state index is 12.6. The third-order valence-corrected chi connectivity index (χ3v) is 5.55. The molecule has 0 saturated heterocycles. The van der Waals surface area contributed by atoms with Gasteiger partial charge in [0.15, 0.2) is 0 Å². The molecule has 0 saturated carbocycles. The van der Waals surface area contributed by atoms with E-state index in [0.29, 0.717) is 18.1 Å². The first-order chi connectivity index (χ1) is 15.7. The molecule has 3 aromatic carbocycles. The number of nitrogens with zero attached hydrogens (tertiary/aromatic N) is 2. The van der Waals surface area contributed by atoms with Crippen LogP contribution in [0.4, 0.5) is 5.69 Å². The zero-order valence-corrected chi connectivity index (χ0v) is 18.5. The molecule has 32 heavy (non-hydrogen) atoms. The van der Waals surface area contributed by atoms with Gasteiger partial charge in [-0.05, 0) is 35.1 Å². The largest absolute Gasteiger partial charge is 0.339 e. The van der Waals surface area contributed by atoms with Gasteiger partial charge < -0.3 is 9.84 Å². The molecule has 4 rings (SSSR count). The third kappa shape index (κ3) is 4.94. The molecule has 4 aromatic rings. The van der Waals surface area contributed by atoms with Gasteiger partial charge in [-0.3, -0.25) is 4.79 Å². The molecule has 1 aromatic heterocycles. The van der Waals surface area contributed by atoms with Gasteiger partial charge in [-0.25, -0.2) is 0 Å². The predicted molar refractivity (Wildman–Crippen MR) is 127 cm³/mol. The van der Waals surface area contributed by atoms with Crippen LogP contribution in [0.3, 0.4) is 0 Å². The van der Waals surface area contributed by atoms with E-state index in [1.165, 1.54) is 0 Å². The fraction of sp³-hybridized carbons (Fsp3) is 0.222. The smallest absolute Gasteiger partial charge is 0.227 e. The first kappa shape index (κ1) is 21.5. The van der Waals surface area contributed by atoms with Crippen LogP contribution >= 0.6 is 0 Å². The van der Waals surface area contributed by atoms with Crippen LogP contribution in [0, 0.1) is 0 Å². The summed E-state index contributed by atoms with van der Waals surface area (Å²) in [5.41, 5.74) is 6.41. The minimum Gasteiger partial charge on any atom is -0.339 e. The number of carbonyl (C=O) groups excluding carboxylic acids is 1. The van der Waals surface area contributed by atoms with Crippen LogP contribution in [0.5, 0.6) is 0 Å². The van der Waals surface area contributed by atoms with Crippen LogP contribution < -0.4 is 5.32 Å². The highest BCUT2D eigenvalue weighted by atomic mass is 16.5. The van der Waals surface area contributed by atoms with Crippen LogP contribution in [-0.4, -0.2) is 16.0 Å². The Morgan fingerprint density at radius 3 is 2.09 bits per heavy atom. The number of para-hydroxylation sites is 1. The normalized spacial score (nSPS) is 10.8. The van der Waals surface area contributed by atoms with Crippen LogP contribution in [0.2, 0.25) is 0 Å². The molecule has 0 aliphatic heterocycles. The first-order valence-electron chi connectivity index (χ1n) is 11.1. The van der Waals surface area contributed by atoms with E-state index in [9.17, 15) is 4.79 Å². The zero-order chi connectivity index (χ0) is 22.3. The number of carbonyl (C=O) groups is 1. The molecular weight excluding hydrogens is 398 g/mol. The molecule has 1 heterocycles. The summed E-state index contributed by atoms with van der Waals surface area (Å²) in [7, 11) is 0. The summed E-state index contributed by atoms with van der Waals surface area (Å²) in [6.07, 6.45) is 2.44. The third-order valence-electron chi connectivity index (χ3n) is 5.55. The molecule has 0 aliphatic rings. The number of nitrogens with one attached hydrogen (secondary N) is 1. The second kappa shape index (κ2) is 10.1. The van der Waals surface area contributed by atoms with E-state index in [0.717, 1.165) is 46.3 Å². The highest BCUT2D eigenvalue weighted by molar-refractivity contribution is 5.92. The number of anilines is 1. The Morgan fingerprint density at radius 2 is 1.44 bits per heavy atom. The standard InChI is InChI=1S/C27H27N3O2/c1-3-19-11-8-12-20(4-2)26(19)28-24(31)17-18-25-29-27(30-32-25)23-15-13-22(14-16-23)21-9-6-5-7-10-21/h5-16H,3-4,17-18H2,1-2H3,(H,28,31). The van der Waals surface area contributed by atoms with Crippen molar-refractivity contribution in [2.75, 3.05) is 5.32 Å². The molecule has 1 N–H and O–H groups in total. The number of rotatable bonds is 8. The molecule has 0 unspecified atom stereocenters. The summed E-state index contributed by atoms with van der Waals surface area (Å²) in [5.74, 6) is 0.943. The number of aryl methyl sites for hydroxylation is 3. The number of amides is 1. The lowest BCUT2D eigenvalue weighted by Crippen LogP contribution is -2.15. The van der Waals surface area contributed by atoms with Gasteiger partial charge in [-0.1, -0.05) is 91.8 Å². The van der Waals surface area contributed by atoms with Crippen molar-refractivity contribution >= 4 is 11.6 Å². The van der Waals surface area contributed by atoms with E-state index in [-0.39, 0.29) is 12.3 Å². The molecule has 0 aliphatic carbocycles. The molecule has 5 heteroatoms. The van der Waals surface area contributed by atoms with Crippen molar-refractivity contribution in [2.45, 2.75) is 39.5 Å². The van der Waals surface area contributed by atoms with Gasteiger partial charge in [0.25, 0.3) is 0 Å². The van der Waals surface area contributed by atoms with E-state index in [1.54, 1.807) is 0 Å². The monoisotopic (exact) mass is 425 g/mol. The summed E-state index contributed by atoms with van der Waals surface area (Å²) in [6, 6.07) is 24.4. The van der Waals surface area contributed by atoms with Gasteiger partial charge in [0.1, 0.15) is 0 Å². The summed E-state index contributed by atoms with van der Waals surface area (Å²) < 4.78 is 5.38. The van der Waals surface area contributed by atoms with Gasteiger partial charge in [0.05, 0.1) is 0 Å². The Morgan fingerprint density at radius 1 is 0.812 bits per heavy atom. The van der Waals surface area contributed by atoms with Gasteiger partial charge >= 0.3 is 0 Å². The van der Waals surface area contributed by atoms with Gasteiger partial charge in [-0.2, -0.15) is 4.98 Å². The summed E-state index contributed by atoms with van der Waals surface area (Å²) >= 11 is 0. The van der Waals surface area contributed by atoms with Crippen LogP contribution in [0.15, 0.2) is 77.3 Å². The van der Waals surface area contributed by atoms with Crippen molar-refractivity contribution in [3.05, 3.63) is 89.8 Å². The molecule has 0 radical (unpaired) electrons. The Bertz CT molecular complexity index is 1160. The van der Waals surface area contributed by atoms with E-state index < -0.39 is 0 Å². The van der Waals surface area contributed by atoms with Gasteiger partial charge in [-0.15, -0.1) is 0 Å². The average molecular weight is 426 g/mol. The van der Waals surface area contributed by atoms with Crippen molar-refractivity contribution in [1.82, 2.24) is 10.1 Å². The van der Waals surface area contributed by atoms with E-state index >= 15 is 0 Å². The van der Waals surface area contributed by atoms with Gasteiger partial charge in [0.2, 0.25) is 17.6 Å². The van der Waals surface area contributed by atoms with Crippen LogP contribution in [-0.2, 0) is 24.1 Å². The Balaban J connectivity index is 1.38. The first-order valence-corrected chi connectivity index (χ1v) is 11.1. The summed E-state index contributed by atoms with van der Waals surface area (Å²) in [6.45, 7) is 4.19. The summed E-state index contributed by atoms with van der Waals surface area (Å²) in [5, 5.41) is 7.17. The zero-order valence-electron chi connectivity index (χ0n) is 18.5. The molecule has 0 spiro atoms. The van der Waals surface area contributed by atoms with E-state index in [2.05, 4.69) is 53.6 Å². The van der Waals surface area contributed by atoms with Crippen molar-refractivity contribution in [3.63, 3.8) is 0 Å². The van der Waals surface area contributed by atoms with Crippen molar-refractivity contribution in [2.24, 2.45) is 0 Å². The fourth-order valence-electron chi connectivity index (χ4n) is 3.74. The molecule has 1 amide bonds. The topological polar surface area (TPSA) is 68.0 Å². The molecule has 162 valence electrons. The Hall–Kier alpha value is -3.73. The van der Waals surface area contributed by atoms with Crippen molar-refractivity contribution < 1.29 is 9.32 Å². The quantitative estimate of drug-likeness (QED) is 0.370. The lowest BCUT2D eigenvalue weighted by molar-refractivity contribution is -0.116. The second-order valence-electron chi connectivity index (χ2n) is 7.66. The minimum absolute atomic E-state index is 0.0486. The van der Waals surface area contributed by atoms with Crippen LogP contribution in [0.1, 0.15) is 37.3 Å². The number of hydrogen-bond acceptors (Lipinski definition) is 4. The van der Waals surface area contributed by atoms with E-state index in [1.807, 2.05) is 48.5 Å². The molecule has 0 fully saturated rings. The highest BCUT2D eigenvalue weighted by Gasteiger charge is 2.13. The van der Waals surface area contributed by atoms with Crippen molar-refractivity contribution in [3.8, 4) is 22.5 Å². The minimum atomic E-state index is -0.0486.